The molecule has 0 spiro atoms. The van der Waals surface area contributed by atoms with Gasteiger partial charge < -0.3 is 10.4 Å². The molecular weight excluding hydrogens is 218 g/mol. The lowest BCUT2D eigenvalue weighted by atomic mass is 9.96. The SMILES string of the molecule is CCC(CC)C(=O)NC[C@@H](CC(C)C)C(=O)O. The molecule has 0 fully saturated rings. The lowest BCUT2D eigenvalue weighted by Crippen LogP contribution is -2.37. The largest absolute Gasteiger partial charge is 0.481 e. The highest BCUT2D eigenvalue weighted by molar-refractivity contribution is 5.79. The van der Waals surface area contributed by atoms with Crippen molar-refractivity contribution in [2.75, 3.05) is 6.54 Å². The Labute approximate surface area is 104 Å². The summed E-state index contributed by atoms with van der Waals surface area (Å²) in [6.07, 6.45) is 2.19. The third-order valence-corrected chi connectivity index (χ3v) is 2.98. The predicted octanol–water partition coefficient (Wildman–Crippen LogP) is 2.29. The van der Waals surface area contributed by atoms with Gasteiger partial charge in [-0.3, -0.25) is 9.59 Å². The molecule has 0 heterocycles. The molecule has 0 aromatic carbocycles. The van der Waals surface area contributed by atoms with Crippen LogP contribution in [0.2, 0.25) is 0 Å². The van der Waals surface area contributed by atoms with E-state index in [1.807, 2.05) is 27.7 Å². The van der Waals surface area contributed by atoms with Crippen molar-refractivity contribution in [2.45, 2.75) is 47.0 Å². The molecule has 0 radical (unpaired) electrons. The highest BCUT2D eigenvalue weighted by Gasteiger charge is 2.21. The van der Waals surface area contributed by atoms with Crippen molar-refractivity contribution < 1.29 is 14.7 Å². The van der Waals surface area contributed by atoms with Crippen molar-refractivity contribution in [1.29, 1.82) is 0 Å². The number of nitrogens with one attached hydrogen (secondary N) is 1. The van der Waals surface area contributed by atoms with Gasteiger partial charge in [-0.05, 0) is 25.2 Å². The van der Waals surface area contributed by atoms with E-state index >= 15 is 0 Å². The summed E-state index contributed by atoms with van der Waals surface area (Å²) >= 11 is 0. The van der Waals surface area contributed by atoms with Gasteiger partial charge in [0.05, 0.1) is 5.92 Å². The first-order chi connectivity index (χ1) is 7.92. The third-order valence-electron chi connectivity index (χ3n) is 2.98. The van der Waals surface area contributed by atoms with Crippen molar-refractivity contribution >= 4 is 11.9 Å². The Hall–Kier alpha value is -1.06. The van der Waals surface area contributed by atoms with Gasteiger partial charge in [0.2, 0.25) is 5.91 Å². The molecule has 4 heteroatoms. The van der Waals surface area contributed by atoms with Gasteiger partial charge in [0.25, 0.3) is 0 Å². The number of hydrogen-bond donors (Lipinski definition) is 2. The van der Waals surface area contributed by atoms with Crippen LogP contribution >= 0.6 is 0 Å². The zero-order valence-corrected chi connectivity index (χ0v) is 11.3. The van der Waals surface area contributed by atoms with Crippen molar-refractivity contribution in [3.8, 4) is 0 Å². The normalized spacial score (nSPS) is 12.8. The number of carboxylic acids is 1. The zero-order valence-electron chi connectivity index (χ0n) is 11.3. The average molecular weight is 243 g/mol. The summed E-state index contributed by atoms with van der Waals surface area (Å²) in [5.74, 6) is -1.01. The average Bonchev–Trinajstić information content (AvgIpc) is 2.25. The van der Waals surface area contributed by atoms with Crippen molar-refractivity contribution in [1.82, 2.24) is 5.32 Å². The number of aliphatic carboxylic acids is 1. The molecule has 0 saturated carbocycles. The summed E-state index contributed by atoms with van der Waals surface area (Å²) in [5.41, 5.74) is 0. The Bertz CT molecular complexity index is 247. The predicted molar refractivity (Wildman–Crippen MR) is 67.7 cm³/mol. The van der Waals surface area contributed by atoms with Gasteiger partial charge in [0.15, 0.2) is 0 Å². The molecule has 2 N–H and O–H groups in total. The lowest BCUT2D eigenvalue weighted by Gasteiger charge is -2.18. The smallest absolute Gasteiger partial charge is 0.308 e. The summed E-state index contributed by atoms with van der Waals surface area (Å²) in [6, 6.07) is 0. The van der Waals surface area contributed by atoms with Gasteiger partial charge >= 0.3 is 5.97 Å². The first-order valence-electron chi connectivity index (χ1n) is 6.42. The Kier molecular flexibility index (Phi) is 7.59. The molecule has 0 aliphatic carbocycles. The molecule has 1 amide bonds. The number of carbonyl (C=O) groups is 2. The maximum atomic E-state index is 11.7. The zero-order chi connectivity index (χ0) is 13.4. The highest BCUT2D eigenvalue weighted by Crippen LogP contribution is 2.12. The first kappa shape index (κ1) is 15.9. The van der Waals surface area contributed by atoms with Crippen LogP contribution in [0.25, 0.3) is 0 Å². The first-order valence-corrected chi connectivity index (χ1v) is 6.42. The van der Waals surface area contributed by atoms with E-state index in [9.17, 15) is 9.59 Å². The topological polar surface area (TPSA) is 66.4 Å². The van der Waals surface area contributed by atoms with Crippen LogP contribution < -0.4 is 5.32 Å². The van der Waals surface area contributed by atoms with Gasteiger partial charge in [-0.1, -0.05) is 27.7 Å². The van der Waals surface area contributed by atoms with Crippen molar-refractivity contribution in [3.63, 3.8) is 0 Å². The van der Waals surface area contributed by atoms with E-state index in [1.54, 1.807) is 0 Å². The van der Waals surface area contributed by atoms with E-state index in [2.05, 4.69) is 5.32 Å². The standard InChI is InChI=1S/C13H25NO3/c1-5-10(6-2)12(15)14-8-11(13(16)17)7-9(3)4/h9-11H,5-8H2,1-4H3,(H,14,15)(H,16,17)/t11-/m1/s1. The molecule has 0 bridgehead atoms. The summed E-state index contributed by atoms with van der Waals surface area (Å²) < 4.78 is 0. The number of carbonyl (C=O) groups excluding carboxylic acids is 1. The van der Waals surface area contributed by atoms with Gasteiger partial charge in [-0.15, -0.1) is 0 Å². The maximum absolute atomic E-state index is 11.7. The number of rotatable bonds is 8. The van der Waals surface area contributed by atoms with Crippen LogP contribution in [0.4, 0.5) is 0 Å². The summed E-state index contributed by atoms with van der Waals surface area (Å²) in [5, 5.41) is 11.8. The second-order valence-electron chi connectivity index (χ2n) is 4.92. The Morgan fingerprint density at radius 1 is 1.12 bits per heavy atom. The van der Waals surface area contributed by atoms with Crippen LogP contribution in [0.15, 0.2) is 0 Å². The second-order valence-corrected chi connectivity index (χ2v) is 4.92. The summed E-state index contributed by atoms with van der Waals surface area (Å²) in [7, 11) is 0. The molecule has 0 saturated heterocycles. The molecule has 1 atom stereocenters. The highest BCUT2D eigenvalue weighted by atomic mass is 16.4. The van der Waals surface area contributed by atoms with E-state index in [-0.39, 0.29) is 18.4 Å². The molecule has 100 valence electrons. The number of amides is 1. The second kappa shape index (κ2) is 8.09. The minimum absolute atomic E-state index is 0.00324. The minimum atomic E-state index is -0.830. The fourth-order valence-corrected chi connectivity index (χ4v) is 1.87. The van der Waals surface area contributed by atoms with Gasteiger partial charge in [-0.25, -0.2) is 0 Å². The number of hydrogen-bond acceptors (Lipinski definition) is 2. The quantitative estimate of drug-likeness (QED) is 0.687. The third kappa shape index (κ3) is 6.29. The molecular formula is C13H25NO3. The fraction of sp³-hybridized carbons (Fsp3) is 0.846. The molecule has 17 heavy (non-hydrogen) atoms. The van der Waals surface area contributed by atoms with E-state index in [0.29, 0.717) is 12.3 Å². The molecule has 0 rings (SSSR count). The Morgan fingerprint density at radius 2 is 1.65 bits per heavy atom. The molecule has 0 aromatic heterocycles. The van der Waals surface area contributed by atoms with Crippen LogP contribution in [-0.2, 0) is 9.59 Å². The summed E-state index contributed by atoms with van der Waals surface area (Å²) in [4.78, 5) is 22.7. The van der Waals surface area contributed by atoms with Crippen LogP contribution in [0.5, 0.6) is 0 Å². The molecule has 0 aliphatic rings. The van der Waals surface area contributed by atoms with Crippen LogP contribution in [0, 0.1) is 17.8 Å². The van der Waals surface area contributed by atoms with Crippen LogP contribution in [0.1, 0.15) is 47.0 Å². The Balaban J connectivity index is 4.21. The van der Waals surface area contributed by atoms with Gasteiger partial charge in [0.1, 0.15) is 0 Å². The van der Waals surface area contributed by atoms with E-state index in [1.165, 1.54) is 0 Å². The maximum Gasteiger partial charge on any atom is 0.308 e. The molecule has 4 nitrogen and oxygen atoms in total. The van der Waals surface area contributed by atoms with Crippen LogP contribution in [-0.4, -0.2) is 23.5 Å². The minimum Gasteiger partial charge on any atom is -0.481 e. The van der Waals surface area contributed by atoms with E-state index in [0.717, 1.165) is 12.8 Å². The monoisotopic (exact) mass is 243 g/mol. The van der Waals surface area contributed by atoms with Gasteiger partial charge in [-0.2, -0.15) is 0 Å². The summed E-state index contributed by atoms with van der Waals surface area (Å²) in [6.45, 7) is 8.15. The lowest BCUT2D eigenvalue weighted by molar-refractivity contribution is -0.142. The van der Waals surface area contributed by atoms with E-state index < -0.39 is 11.9 Å². The fourth-order valence-electron chi connectivity index (χ4n) is 1.87. The van der Waals surface area contributed by atoms with E-state index in [4.69, 9.17) is 5.11 Å². The molecule has 0 aromatic rings. The van der Waals surface area contributed by atoms with Gasteiger partial charge in [0, 0.05) is 12.5 Å². The van der Waals surface area contributed by atoms with Crippen molar-refractivity contribution in [2.24, 2.45) is 17.8 Å². The Morgan fingerprint density at radius 3 is 2.00 bits per heavy atom. The van der Waals surface area contributed by atoms with Crippen molar-refractivity contribution in [3.05, 3.63) is 0 Å². The molecule has 0 aliphatic heterocycles. The molecule has 0 unspecified atom stereocenters. The number of carboxylic acid groups (broad SMARTS) is 1. The van der Waals surface area contributed by atoms with Crippen LogP contribution in [0.3, 0.4) is 0 Å².